The summed E-state index contributed by atoms with van der Waals surface area (Å²) in [4.78, 5) is 17.3. The van der Waals surface area contributed by atoms with Gasteiger partial charge in [-0.15, -0.1) is 0 Å². The van der Waals surface area contributed by atoms with Crippen molar-refractivity contribution in [2.24, 2.45) is 0 Å². The number of hydrogen-bond acceptors (Lipinski definition) is 4. The van der Waals surface area contributed by atoms with E-state index in [0.29, 0.717) is 13.1 Å². The van der Waals surface area contributed by atoms with Crippen molar-refractivity contribution < 1.29 is 27.8 Å². The fourth-order valence-electron chi connectivity index (χ4n) is 5.34. The highest BCUT2D eigenvalue weighted by molar-refractivity contribution is 5.94. The number of halogens is 3. The number of ether oxygens (including phenoxy) is 1. The average Bonchev–Trinajstić information content (AvgIpc) is 2.83. The molecule has 0 radical (unpaired) electrons. The molecule has 36 heavy (non-hydrogen) atoms. The molecule has 0 spiro atoms. The molecule has 8 heteroatoms. The van der Waals surface area contributed by atoms with Gasteiger partial charge in [-0.05, 0) is 94.0 Å². The van der Waals surface area contributed by atoms with Crippen LogP contribution in [0.1, 0.15) is 71.8 Å². The summed E-state index contributed by atoms with van der Waals surface area (Å²) in [5, 5.41) is 10.00. The molecule has 2 atom stereocenters. The maximum absolute atomic E-state index is 13.0. The van der Waals surface area contributed by atoms with Gasteiger partial charge in [0.1, 0.15) is 12.4 Å². The van der Waals surface area contributed by atoms with Gasteiger partial charge in [-0.25, -0.2) is 0 Å². The summed E-state index contributed by atoms with van der Waals surface area (Å²) in [5.74, 6) is 0.559. The van der Waals surface area contributed by atoms with E-state index in [1.807, 2.05) is 13.0 Å². The normalized spacial score (nSPS) is 21.3. The zero-order valence-electron chi connectivity index (χ0n) is 21.4. The highest BCUT2D eigenvalue weighted by Crippen LogP contribution is 2.40. The van der Waals surface area contributed by atoms with E-state index in [4.69, 9.17) is 4.74 Å². The summed E-state index contributed by atoms with van der Waals surface area (Å²) in [6, 6.07) is 9.05. The van der Waals surface area contributed by atoms with E-state index in [2.05, 4.69) is 17.9 Å². The van der Waals surface area contributed by atoms with Crippen molar-refractivity contribution in [1.82, 2.24) is 9.80 Å². The monoisotopic (exact) mass is 504 g/mol. The number of piperidine rings is 1. The zero-order valence-corrected chi connectivity index (χ0v) is 21.4. The van der Waals surface area contributed by atoms with E-state index in [0.717, 1.165) is 49.3 Å². The predicted octanol–water partition coefficient (Wildman–Crippen LogP) is 5.52. The Morgan fingerprint density at radius 2 is 1.72 bits per heavy atom. The molecule has 1 N–H and O–H groups in total. The summed E-state index contributed by atoms with van der Waals surface area (Å²) >= 11 is 0. The lowest BCUT2D eigenvalue weighted by molar-refractivity contribution is -0.137. The predicted molar refractivity (Wildman–Crippen MR) is 132 cm³/mol. The Bertz CT molecular complexity index is 1090. The van der Waals surface area contributed by atoms with Gasteiger partial charge < -0.3 is 14.7 Å². The number of benzene rings is 2. The van der Waals surface area contributed by atoms with Crippen molar-refractivity contribution in [3.8, 4) is 5.75 Å². The lowest BCUT2D eigenvalue weighted by Gasteiger charge is -2.49. The molecule has 2 heterocycles. The van der Waals surface area contributed by atoms with E-state index < -0.39 is 17.3 Å². The largest absolute Gasteiger partial charge is 0.490 e. The molecule has 0 aliphatic carbocycles. The third kappa shape index (κ3) is 5.70. The zero-order chi connectivity index (χ0) is 26.3. The van der Waals surface area contributed by atoms with Gasteiger partial charge in [0.25, 0.3) is 5.91 Å². The van der Waals surface area contributed by atoms with Crippen molar-refractivity contribution >= 4 is 5.91 Å². The molecule has 196 valence electrons. The minimum atomic E-state index is -4.42. The minimum Gasteiger partial charge on any atom is -0.490 e. The van der Waals surface area contributed by atoms with Gasteiger partial charge in [-0.3, -0.25) is 9.69 Å². The number of carbonyl (C=O) groups excluding carboxylic acids is 1. The Morgan fingerprint density at radius 3 is 2.36 bits per heavy atom. The molecule has 2 aliphatic heterocycles. The van der Waals surface area contributed by atoms with Crippen LogP contribution >= 0.6 is 0 Å². The molecular formula is C28H35F3N2O3. The van der Waals surface area contributed by atoms with Crippen molar-refractivity contribution in [3.63, 3.8) is 0 Å². The molecule has 1 amide bonds. The number of aliphatic hydroxyl groups is 1. The summed E-state index contributed by atoms with van der Waals surface area (Å²) in [5.41, 5.74) is 2.13. The lowest BCUT2D eigenvalue weighted by atomic mass is 9.86. The smallest absolute Gasteiger partial charge is 0.416 e. The molecule has 2 aliphatic rings. The standard InChI is InChI=1S/C28H35F3N2O3/c1-18-19(2)25(36-17-27(3,4)35)13-12-23(18)24-7-5-6-22-16-32(14-15-33(22)24)26(34)20-8-10-21(11-9-20)28(29,30)31/h8-13,22,24,35H,5-7,14-17H2,1-4H3/t22-,24+/m0/s1. The Hall–Kier alpha value is -2.58. The van der Waals surface area contributed by atoms with Crippen LogP contribution in [0, 0.1) is 13.8 Å². The second-order valence-electron chi connectivity index (χ2n) is 10.7. The Kier molecular flexibility index (Phi) is 7.40. The van der Waals surface area contributed by atoms with Crippen LogP contribution in [0.15, 0.2) is 36.4 Å². The molecule has 4 rings (SSSR count). The molecule has 0 bridgehead atoms. The molecule has 2 saturated heterocycles. The number of fused-ring (bicyclic) bond motifs is 1. The topological polar surface area (TPSA) is 53.0 Å². The Morgan fingerprint density at radius 1 is 1.03 bits per heavy atom. The van der Waals surface area contributed by atoms with Crippen LogP contribution in [0.5, 0.6) is 5.75 Å². The number of nitrogens with zero attached hydrogens (tertiary/aromatic N) is 2. The highest BCUT2D eigenvalue weighted by atomic mass is 19.4. The first-order chi connectivity index (χ1) is 16.8. The van der Waals surface area contributed by atoms with Gasteiger partial charge in [-0.2, -0.15) is 13.2 Å². The molecular weight excluding hydrogens is 469 g/mol. The van der Waals surface area contributed by atoms with E-state index >= 15 is 0 Å². The second kappa shape index (κ2) is 10.1. The third-order valence-electron chi connectivity index (χ3n) is 7.41. The van der Waals surface area contributed by atoms with Crippen LogP contribution in [-0.4, -0.2) is 58.7 Å². The van der Waals surface area contributed by atoms with E-state index in [9.17, 15) is 23.1 Å². The number of rotatable bonds is 5. The molecule has 0 saturated carbocycles. The number of piperazine rings is 1. The first kappa shape index (κ1) is 26.5. The van der Waals surface area contributed by atoms with Gasteiger partial charge in [-0.1, -0.05) is 6.07 Å². The third-order valence-corrected chi connectivity index (χ3v) is 7.41. The molecule has 2 aromatic carbocycles. The first-order valence-corrected chi connectivity index (χ1v) is 12.5. The summed E-state index contributed by atoms with van der Waals surface area (Å²) < 4.78 is 44.5. The first-order valence-electron chi connectivity index (χ1n) is 12.5. The minimum absolute atomic E-state index is 0.210. The van der Waals surface area contributed by atoms with Crippen LogP contribution < -0.4 is 4.74 Å². The molecule has 2 aromatic rings. The number of amides is 1. The van der Waals surface area contributed by atoms with Crippen LogP contribution in [0.25, 0.3) is 0 Å². The van der Waals surface area contributed by atoms with Gasteiger partial charge >= 0.3 is 6.18 Å². The van der Waals surface area contributed by atoms with Crippen molar-refractivity contribution in [2.75, 3.05) is 26.2 Å². The summed E-state index contributed by atoms with van der Waals surface area (Å²) in [7, 11) is 0. The van der Waals surface area contributed by atoms with Crippen LogP contribution in [0.2, 0.25) is 0 Å². The van der Waals surface area contributed by atoms with Gasteiger partial charge in [0, 0.05) is 37.3 Å². The van der Waals surface area contributed by atoms with Gasteiger partial charge in [0.05, 0.1) is 11.2 Å². The van der Waals surface area contributed by atoms with E-state index in [1.165, 1.54) is 23.3 Å². The van der Waals surface area contributed by atoms with E-state index in [-0.39, 0.29) is 30.2 Å². The molecule has 0 unspecified atom stereocenters. The van der Waals surface area contributed by atoms with Crippen molar-refractivity contribution in [3.05, 3.63) is 64.2 Å². The lowest BCUT2D eigenvalue weighted by Crippen LogP contribution is -2.57. The number of carbonyl (C=O) groups is 1. The maximum atomic E-state index is 13.0. The van der Waals surface area contributed by atoms with Crippen molar-refractivity contribution in [1.29, 1.82) is 0 Å². The Balaban J connectivity index is 1.46. The summed E-state index contributed by atoms with van der Waals surface area (Å²) in [6.45, 7) is 9.62. The average molecular weight is 505 g/mol. The molecule has 5 nitrogen and oxygen atoms in total. The van der Waals surface area contributed by atoms with Crippen LogP contribution in [0.4, 0.5) is 13.2 Å². The fraction of sp³-hybridized carbons (Fsp3) is 0.536. The van der Waals surface area contributed by atoms with Crippen LogP contribution in [0.3, 0.4) is 0 Å². The number of alkyl halides is 3. The number of hydrogen-bond donors (Lipinski definition) is 1. The molecule has 0 aromatic heterocycles. The van der Waals surface area contributed by atoms with Crippen LogP contribution in [-0.2, 0) is 6.18 Å². The second-order valence-corrected chi connectivity index (χ2v) is 10.7. The maximum Gasteiger partial charge on any atom is 0.416 e. The van der Waals surface area contributed by atoms with E-state index in [1.54, 1.807) is 18.7 Å². The molecule has 2 fully saturated rings. The quantitative estimate of drug-likeness (QED) is 0.582. The van der Waals surface area contributed by atoms with Gasteiger partial charge in [0.2, 0.25) is 0 Å². The SMILES string of the molecule is Cc1c(OCC(C)(C)O)ccc([C@H]2CCC[C@H]3CN(C(=O)c4ccc(C(F)(F)F)cc4)CCN32)c1C. The summed E-state index contributed by atoms with van der Waals surface area (Å²) in [6.07, 6.45) is -1.35. The van der Waals surface area contributed by atoms with Crippen molar-refractivity contribution in [2.45, 2.75) is 70.8 Å². The highest BCUT2D eigenvalue weighted by Gasteiger charge is 2.38. The fourth-order valence-corrected chi connectivity index (χ4v) is 5.34. The Labute approximate surface area is 210 Å². The van der Waals surface area contributed by atoms with Gasteiger partial charge in [0.15, 0.2) is 0 Å².